The molecule has 3 rings (SSSR count). The van der Waals surface area contributed by atoms with Crippen LogP contribution < -0.4 is 10.1 Å². The lowest BCUT2D eigenvalue weighted by Gasteiger charge is -2.13. The van der Waals surface area contributed by atoms with Gasteiger partial charge in [-0.3, -0.25) is 0 Å². The summed E-state index contributed by atoms with van der Waals surface area (Å²) in [7, 11) is 0. The Morgan fingerprint density at radius 3 is 2.52 bits per heavy atom. The third kappa shape index (κ3) is 6.10. The predicted octanol–water partition coefficient (Wildman–Crippen LogP) is 3.16. The predicted molar refractivity (Wildman–Crippen MR) is 102 cm³/mol. The molecule has 3 aromatic rings. The van der Waals surface area contributed by atoms with Gasteiger partial charge >= 0.3 is 0 Å². The summed E-state index contributed by atoms with van der Waals surface area (Å²) in [6.07, 6.45) is 1.18. The molecule has 1 atom stereocenters. The summed E-state index contributed by atoms with van der Waals surface area (Å²) in [6.45, 7) is 1.47. The van der Waals surface area contributed by atoms with Gasteiger partial charge in [0.2, 0.25) is 0 Å². The van der Waals surface area contributed by atoms with Crippen molar-refractivity contribution in [2.75, 3.05) is 13.2 Å². The van der Waals surface area contributed by atoms with Gasteiger partial charge in [0.1, 0.15) is 18.5 Å². The smallest absolute Gasteiger partial charge is 0.119 e. The zero-order valence-electron chi connectivity index (χ0n) is 13.5. The van der Waals surface area contributed by atoms with Crippen molar-refractivity contribution in [2.24, 2.45) is 0 Å². The number of hydrogen-bond acceptors (Lipinski definition) is 6. The molecule has 0 saturated heterocycles. The average molecular weight is 378 g/mol. The maximum absolute atomic E-state index is 9.99. The molecule has 0 saturated carbocycles. The van der Waals surface area contributed by atoms with Crippen molar-refractivity contribution >= 4 is 23.9 Å². The maximum atomic E-state index is 9.99. The zero-order valence-corrected chi connectivity index (χ0v) is 15.2. The van der Waals surface area contributed by atoms with E-state index in [9.17, 15) is 5.11 Å². The van der Waals surface area contributed by atoms with Crippen LogP contribution in [0.4, 0.5) is 0 Å². The minimum Gasteiger partial charge on any atom is -0.491 e. The Labute approximate surface area is 157 Å². The van der Waals surface area contributed by atoms with E-state index < -0.39 is 6.10 Å². The summed E-state index contributed by atoms with van der Waals surface area (Å²) in [5, 5.41) is 17.0. The molecule has 0 radical (unpaired) electrons. The number of nitrogens with zero attached hydrogens (tertiary/aromatic N) is 2. The Hall–Kier alpha value is -1.99. The fourth-order valence-corrected chi connectivity index (χ4v) is 2.76. The molecule has 2 N–H and O–H groups in total. The zero-order chi connectivity index (χ0) is 16.6. The molecule has 0 spiro atoms. The van der Waals surface area contributed by atoms with Crippen molar-refractivity contribution in [3.05, 3.63) is 66.4 Å². The Kier molecular flexibility index (Phi) is 7.81. The minimum absolute atomic E-state index is 0. The Balaban J connectivity index is 0.00000225. The van der Waals surface area contributed by atoms with Gasteiger partial charge in [0.05, 0.1) is 11.1 Å². The number of ether oxygens (including phenoxy) is 1. The van der Waals surface area contributed by atoms with Crippen LogP contribution in [-0.4, -0.2) is 33.9 Å². The van der Waals surface area contributed by atoms with Crippen molar-refractivity contribution in [2.45, 2.75) is 12.6 Å². The van der Waals surface area contributed by atoms with Crippen LogP contribution in [-0.2, 0) is 6.54 Å². The first-order valence-electron chi connectivity index (χ1n) is 7.74. The number of benzene rings is 2. The molecule has 1 heterocycles. The van der Waals surface area contributed by atoms with Crippen molar-refractivity contribution < 1.29 is 9.84 Å². The van der Waals surface area contributed by atoms with Gasteiger partial charge in [-0.15, -0.1) is 17.5 Å². The van der Waals surface area contributed by atoms with E-state index in [2.05, 4.69) is 27.0 Å². The van der Waals surface area contributed by atoms with E-state index in [1.165, 1.54) is 17.1 Å². The van der Waals surface area contributed by atoms with Crippen LogP contribution >= 0.6 is 23.9 Å². The summed E-state index contributed by atoms with van der Waals surface area (Å²) in [5.41, 5.74) is 2.25. The van der Waals surface area contributed by atoms with Gasteiger partial charge in [0, 0.05) is 13.1 Å². The Morgan fingerprint density at radius 1 is 1.08 bits per heavy atom. The van der Waals surface area contributed by atoms with Crippen LogP contribution in [0.3, 0.4) is 0 Å². The molecule has 1 unspecified atom stereocenters. The number of aromatic nitrogens is 2. The summed E-state index contributed by atoms with van der Waals surface area (Å²) in [4.78, 5) is 1.02. The van der Waals surface area contributed by atoms with E-state index in [1.54, 1.807) is 6.20 Å². The first kappa shape index (κ1) is 19.3. The monoisotopic (exact) mass is 377 g/mol. The lowest BCUT2D eigenvalue weighted by atomic mass is 10.2. The van der Waals surface area contributed by atoms with Crippen LogP contribution in [0.15, 0.2) is 60.8 Å². The Morgan fingerprint density at radius 2 is 1.84 bits per heavy atom. The number of aliphatic hydroxyl groups excluding tert-OH is 1. The van der Waals surface area contributed by atoms with Crippen LogP contribution in [0.1, 0.15) is 5.56 Å². The molecule has 2 aromatic carbocycles. The highest BCUT2D eigenvalue weighted by Gasteiger charge is 2.06. The van der Waals surface area contributed by atoms with E-state index in [1.807, 2.05) is 42.5 Å². The van der Waals surface area contributed by atoms with Gasteiger partial charge in [0.15, 0.2) is 0 Å². The van der Waals surface area contributed by atoms with Crippen molar-refractivity contribution in [1.29, 1.82) is 0 Å². The second-order valence-corrected chi connectivity index (χ2v) is 6.17. The molecular weight excluding hydrogens is 358 g/mol. The molecule has 0 fully saturated rings. The van der Waals surface area contributed by atoms with E-state index in [4.69, 9.17) is 4.74 Å². The number of nitrogens with one attached hydrogen (secondary N) is 1. The molecule has 7 heteroatoms. The van der Waals surface area contributed by atoms with Gasteiger partial charge in [-0.05, 0) is 46.9 Å². The molecule has 5 nitrogen and oxygen atoms in total. The van der Waals surface area contributed by atoms with Gasteiger partial charge in [-0.2, -0.15) is 0 Å². The number of rotatable bonds is 8. The van der Waals surface area contributed by atoms with Gasteiger partial charge in [-0.1, -0.05) is 34.8 Å². The summed E-state index contributed by atoms with van der Waals surface area (Å²) in [5.74, 6) is 0.735. The molecule has 1 aromatic heterocycles. The van der Waals surface area contributed by atoms with Crippen molar-refractivity contribution in [3.63, 3.8) is 0 Å². The van der Waals surface area contributed by atoms with Crippen molar-refractivity contribution in [1.82, 2.24) is 14.9 Å². The molecule has 0 aliphatic rings. The molecule has 132 valence electrons. The molecule has 0 aliphatic heterocycles. The standard InChI is InChI=1S/C18H19N3O2S.ClH/c22-16(11-19-10-14-4-2-1-3-5-14)13-23-17-8-6-15(7-9-17)18-12-20-21-24-18;/h1-9,12,16,19,22H,10-11,13H2;1H. The number of hydrogen-bond donors (Lipinski definition) is 2. The summed E-state index contributed by atoms with van der Waals surface area (Å²) >= 11 is 1.36. The lowest BCUT2D eigenvalue weighted by Crippen LogP contribution is -2.31. The second-order valence-electron chi connectivity index (χ2n) is 5.39. The fourth-order valence-electron chi connectivity index (χ4n) is 2.24. The Bertz CT molecular complexity index is 724. The van der Waals surface area contributed by atoms with E-state index in [0.29, 0.717) is 6.54 Å². The molecule has 25 heavy (non-hydrogen) atoms. The fraction of sp³-hybridized carbons (Fsp3) is 0.222. The highest BCUT2D eigenvalue weighted by molar-refractivity contribution is 7.09. The topological polar surface area (TPSA) is 67.3 Å². The third-order valence-corrected chi connectivity index (χ3v) is 4.21. The average Bonchev–Trinajstić information content (AvgIpc) is 3.16. The lowest BCUT2D eigenvalue weighted by molar-refractivity contribution is 0.106. The minimum atomic E-state index is -0.556. The van der Waals surface area contributed by atoms with Gasteiger partial charge < -0.3 is 15.2 Å². The third-order valence-electron chi connectivity index (χ3n) is 3.49. The van der Waals surface area contributed by atoms with Gasteiger partial charge in [-0.25, -0.2) is 0 Å². The highest BCUT2D eigenvalue weighted by atomic mass is 35.5. The normalized spacial score (nSPS) is 11.6. The maximum Gasteiger partial charge on any atom is 0.119 e. The molecular formula is C18H20ClN3O2S. The molecule has 0 amide bonds. The first-order chi connectivity index (χ1) is 11.8. The molecule has 0 bridgehead atoms. The quantitative estimate of drug-likeness (QED) is 0.631. The number of halogens is 1. The van der Waals surface area contributed by atoms with Crippen molar-refractivity contribution in [3.8, 4) is 16.2 Å². The van der Waals surface area contributed by atoms with E-state index in [0.717, 1.165) is 22.7 Å². The summed E-state index contributed by atoms with van der Waals surface area (Å²) in [6, 6.07) is 17.8. The second kappa shape index (κ2) is 10.1. The van der Waals surface area contributed by atoms with Crippen LogP contribution in [0.5, 0.6) is 5.75 Å². The SMILES string of the molecule is Cl.OC(CNCc1ccccc1)COc1ccc(-c2cnns2)cc1. The summed E-state index contributed by atoms with van der Waals surface area (Å²) < 4.78 is 9.48. The van der Waals surface area contributed by atoms with E-state index >= 15 is 0 Å². The number of aliphatic hydroxyl groups is 1. The van der Waals surface area contributed by atoms with Crippen LogP contribution in [0.25, 0.3) is 10.4 Å². The van der Waals surface area contributed by atoms with Crippen LogP contribution in [0, 0.1) is 0 Å². The highest BCUT2D eigenvalue weighted by Crippen LogP contribution is 2.24. The van der Waals surface area contributed by atoms with E-state index in [-0.39, 0.29) is 19.0 Å². The van der Waals surface area contributed by atoms with Crippen LogP contribution in [0.2, 0.25) is 0 Å². The molecule has 0 aliphatic carbocycles. The largest absolute Gasteiger partial charge is 0.491 e. The van der Waals surface area contributed by atoms with Gasteiger partial charge in [0.25, 0.3) is 0 Å². The first-order valence-corrected chi connectivity index (χ1v) is 8.52.